The number of hydrazone groups is 1. The van der Waals surface area contributed by atoms with Gasteiger partial charge in [-0.05, 0) is 55.1 Å². The van der Waals surface area contributed by atoms with Crippen molar-refractivity contribution in [2.24, 2.45) is 5.10 Å². The monoisotopic (exact) mass is 413 g/mol. The van der Waals surface area contributed by atoms with E-state index in [-0.39, 0.29) is 10.5 Å². The lowest BCUT2D eigenvalue weighted by Gasteiger charge is -2.12. The van der Waals surface area contributed by atoms with Crippen LogP contribution in [0.1, 0.15) is 26.4 Å². The Bertz CT molecular complexity index is 1120. The Hall–Kier alpha value is -2.97. The molecule has 28 heavy (non-hydrogen) atoms. The molecule has 144 valence electrons. The number of rotatable bonds is 6. The minimum Gasteiger partial charge on any atom is -0.279 e. The molecule has 8 heteroatoms. The molecular formula is C20H19N3O3S2. The molecule has 0 aliphatic carbocycles. The topological polar surface area (TPSA) is 87.6 Å². The first kappa shape index (κ1) is 19.8. The van der Waals surface area contributed by atoms with Gasteiger partial charge in [0.25, 0.3) is 15.9 Å². The van der Waals surface area contributed by atoms with E-state index in [9.17, 15) is 13.2 Å². The second kappa shape index (κ2) is 8.37. The van der Waals surface area contributed by atoms with Crippen LogP contribution in [0.3, 0.4) is 0 Å². The molecular weight excluding hydrogens is 394 g/mol. The molecule has 0 saturated carbocycles. The number of thiophene rings is 1. The van der Waals surface area contributed by atoms with Crippen molar-refractivity contribution in [2.45, 2.75) is 18.7 Å². The van der Waals surface area contributed by atoms with Gasteiger partial charge in [-0.15, -0.1) is 11.3 Å². The molecule has 0 saturated heterocycles. The smallest absolute Gasteiger partial charge is 0.271 e. The lowest BCUT2D eigenvalue weighted by molar-refractivity contribution is 0.0955. The zero-order valence-electron chi connectivity index (χ0n) is 15.3. The van der Waals surface area contributed by atoms with Gasteiger partial charge in [0.2, 0.25) is 0 Å². The molecule has 1 amide bonds. The van der Waals surface area contributed by atoms with Crippen LogP contribution in [0.4, 0.5) is 5.69 Å². The number of hydrogen-bond acceptors (Lipinski definition) is 5. The van der Waals surface area contributed by atoms with E-state index < -0.39 is 15.9 Å². The lowest BCUT2D eigenvalue weighted by atomic mass is 10.1. The van der Waals surface area contributed by atoms with Gasteiger partial charge in [-0.1, -0.05) is 29.8 Å². The summed E-state index contributed by atoms with van der Waals surface area (Å²) in [5.41, 5.74) is 4.97. The molecule has 0 spiro atoms. The number of anilines is 1. The summed E-state index contributed by atoms with van der Waals surface area (Å²) < 4.78 is 28.0. The highest BCUT2D eigenvalue weighted by molar-refractivity contribution is 7.92. The van der Waals surface area contributed by atoms with Crippen LogP contribution >= 0.6 is 11.3 Å². The van der Waals surface area contributed by atoms with Crippen molar-refractivity contribution < 1.29 is 13.2 Å². The standard InChI is InChI=1S/C20H19N3O3S2/c1-14-8-9-19(15(2)11-14)23-28(25,26)18-7-3-5-16(12-18)20(24)22-21-13-17-6-4-10-27-17/h3-13,23H,1-2H3,(H,22,24)/b21-13-. The second-order valence-corrected chi connectivity index (χ2v) is 8.83. The van der Waals surface area contributed by atoms with Gasteiger partial charge in [0, 0.05) is 10.4 Å². The maximum absolute atomic E-state index is 12.7. The molecule has 0 atom stereocenters. The van der Waals surface area contributed by atoms with Gasteiger partial charge in [0.15, 0.2) is 0 Å². The highest BCUT2D eigenvalue weighted by atomic mass is 32.2. The molecule has 0 aliphatic rings. The van der Waals surface area contributed by atoms with E-state index in [2.05, 4.69) is 15.2 Å². The van der Waals surface area contributed by atoms with E-state index >= 15 is 0 Å². The van der Waals surface area contributed by atoms with Crippen molar-refractivity contribution in [3.63, 3.8) is 0 Å². The molecule has 0 aliphatic heterocycles. The van der Waals surface area contributed by atoms with Crippen LogP contribution in [0.15, 0.2) is 70.0 Å². The average Bonchev–Trinajstić information content (AvgIpc) is 3.17. The van der Waals surface area contributed by atoms with Gasteiger partial charge >= 0.3 is 0 Å². The molecule has 2 aromatic carbocycles. The summed E-state index contributed by atoms with van der Waals surface area (Å²) >= 11 is 1.49. The Balaban J connectivity index is 1.76. The molecule has 0 radical (unpaired) electrons. The number of carbonyl (C=O) groups excluding carboxylic acids is 1. The van der Waals surface area contributed by atoms with Crippen molar-refractivity contribution in [1.82, 2.24) is 5.43 Å². The minimum atomic E-state index is -3.83. The Morgan fingerprint density at radius 1 is 1.07 bits per heavy atom. The van der Waals surface area contributed by atoms with Gasteiger partial charge in [-0.25, -0.2) is 13.8 Å². The van der Waals surface area contributed by atoms with E-state index in [0.29, 0.717) is 5.69 Å². The van der Waals surface area contributed by atoms with Crippen LogP contribution in [0.5, 0.6) is 0 Å². The SMILES string of the molecule is Cc1ccc(NS(=O)(=O)c2cccc(C(=O)N/N=C\c3cccs3)c2)c(C)c1. The van der Waals surface area contributed by atoms with E-state index in [1.165, 1.54) is 41.8 Å². The van der Waals surface area contributed by atoms with Crippen molar-refractivity contribution >= 4 is 39.2 Å². The molecule has 0 unspecified atom stereocenters. The number of sulfonamides is 1. The second-order valence-electron chi connectivity index (χ2n) is 6.17. The van der Waals surface area contributed by atoms with Gasteiger partial charge in [-0.2, -0.15) is 5.10 Å². The largest absolute Gasteiger partial charge is 0.279 e. The van der Waals surface area contributed by atoms with E-state index in [1.54, 1.807) is 6.07 Å². The van der Waals surface area contributed by atoms with Crippen LogP contribution in [0, 0.1) is 13.8 Å². The summed E-state index contributed by atoms with van der Waals surface area (Å²) in [4.78, 5) is 13.2. The van der Waals surface area contributed by atoms with Gasteiger partial charge < -0.3 is 0 Å². The van der Waals surface area contributed by atoms with Crippen molar-refractivity contribution in [3.05, 3.63) is 81.5 Å². The Kier molecular flexibility index (Phi) is 5.91. The summed E-state index contributed by atoms with van der Waals surface area (Å²) in [6, 6.07) is 15.0. The van der Waals surface area contributed by atoms with Crippen molar-refractivity contribution in [3.8, 4) is 0 Å². The molecule has 3 aromatic rings. The molecule has 0 fully saturated rings. The molecule has 0 bridgehead atoms. The quantitative estimate of drug-likeness (QED) is 0.474. The summed E-state index contributed by atoms with van der Waals surface area (Å²) in [6.07, 6.45) is 1.53. The predicted molar refractivity (Wildman–Crippen MR) is 113 cm³/mol. The normalized spacial score (nSPS) is 11.5. The van der Waals surface area contributed by atoms with E-state index in [1.807, 2.05) is 43.5 Å². The first-order valence-corrected chi connectivity index (χ1v) is 10.8. The van der Waals surface area contributed by atoms with Crippen molar-refractivity contribution in [1.29, 1.82) is 0 Å². The molecule has 6 nitrogen and oxygen atoms in total. The van der Waals surface area contributed by atoms with Gasteiger partial charge in [0.05, 0.1) is 16.8 Å². The summed E-state index contributed by atoms with van der Waals surface area (Å²) in [5.74, 6) is -0.489. The van der Waals surface area contributed by atoms with Gasteiger partial charge in [-0.3, -0.25) is 9.52 Å². The molecule has 2 N–H and O–H groups in total. The van der Waals surface area contributed by atoms with Crippen molar-refractivity contribution in [2.75, 3.05) is 4.72 Å². The summed E-state index contributed by atoms with van der Waals surface area (Å²) in [7, 11) is -3.83. The Morgan fingerprint density at radius 3 is 2.61 bits per heavy atom. The minimum absolute atomic E-state index is 0.00219. The fourth-order valence-corrected chi connectivity index (χ4v) is 4.28. The number of hydrogen-bond donors (Lipinski definition) is 2. The van der Waals surface area contributed by atoms with Crippen LogP contribution < -0.4 is 10.1 Å². The van der Waals surface area contributed by atoms with Gasteiger partial charge in [0.1, 0.15) is 0 Å². The predicted octanol–water partition coefficient (Wildman–Crippen LogP) is 3.93. The van der Waals surface area contributed by atoms with E-state index in [0.717, 1.165) is 16.0 Å². The first-order chi connectivity index (χ1) is 13.3. The first-order valence-electron chi connectivity index (χ1n) is 8.42. The maximum Gasteiger partial charge on any atom is 0.271 e. The number of amides is 1. The summed E-state index contributed by atoms with van der Waals surface area (Å²) in [6.45, 7) is 3.77. The Morgan fingerprint density at radius 2 is 1.89 bits per heavy atom. The number of aryl methyl sites for hydroxylation is 2. The number of carbonyl (C=O) groups is 1. The molecule has 3 rings (SSSR count). The lowest BCUT2D eigenvalue weighted by Crippen LogP contribution is -2.19. The fourth-order valence-electron chi connectivity index (χ4n) is 2.52. The fraction of sp³-hybridized carbons (Fsp3) is 0.100. The maximum atomic E-state index is 12.7. The Labute approximate surface area is 168 Å². The average molecular weight is 414 g/mol. The molecule has 1 aromatic heterocycles. The number of nitrogens with zero attached hydrogens (tertiary/aromatic N) is 1. The highest BCUT2D eigenvalue weighted by Crippen LogP contribution is 2.21. The van der Waals surface area contributed by atoms with Crippen LogP contribution in [0.2, 0.25) is 0 Å². The zero-order valence-corrected chi connectivity index (χ0v) is 17.0. The number of benzene rings is 2. The van der Waals surface area contributed by atoms with Crippen LogP contribution in [-0.2, 0) is 10.0 Å². The zero-order chi connectivity index (χ0) is 20.1. The molecule has 1 heterocycles. The summed E-state index contributed by atoms with van der Waals surface area (Å²) in [5, 5.41) is 5.79. The van der Waals surface area contributed by atoms with Crippen LogP contribution in [0.25, 0.3) is 0 Å². The number of nitrogens with one attached hydrogen (secondary N) is 2. The van der Waals surface area contributed by atoms with Crippen LogP contribution in [-0.4, -0.2) is 20.5 Å². The highest BCUT2D eigenvalue weighted by Gasteiger charge is 2.17. The third kappa shape index (κ3) is 4.85. The third-order valence-corrected chi connectivity index (χ3v) is 6.10. The third-order valence-electron chi connectivity index (χ3n) is 3.93. The van der Waals surface area contributed by atoms with E-state index in [4.69, 9.17) is 0 Å².